The summed E-state index contributed by atoms with van der Waals surface area (Å²) < 4.78 is 8.15. The number of aromatic nitrogens is 1. The number of aryl methyl sites for hydroxylation is 1. The van der Waals surface area contributed by atoms with Crippen molar-refractivity contribution in [2.45, 2.75) is 72.2 Å². The zero-order valence-corrected chi connectivity index (χ0v) is 13.0. The topological polar surface area (TPSA) is 26.2 Å². The van der Waals surface area contributed by atoms with Crippen molar-refractivity contribution >= 4 is 0 Å². The minimum absolute atomic E-state index is 0.0240. The molecule has 1 N–H and O–H groups in total. The summed E-state index contributed by atoms with van der Waals surface area (Å²) in [5.41, 5.74) is 4.22. The molecule has 0 aliphatic carbocycles. The zero-order valence-electron chi connectivity index (χ0n) is 13.0. The smallest absolute Gasteiger partial charge is 0.0641 e. The van der Waals surface area contributed by atoms with Crippen LogP contribution in [0.15, 0.2) is 6.07 Å². The summed E-state index contributed by atoms with van der Waals surface area (Å²) in [6, 6.07) is 2.89. The minimum atomic E-state index is 0.0240. The quantitative estimate of drug-likeness (QED) is 0.904. The van der Waals surface area contributed by atoms with Gasteiger partial charge in [-0.25, -0.2) is 0 Å². The second-order valence-corrected chi connectivity index (χ2v) is 6.32. The van der Waals surface area contributed by atoms with Gasteiger partial charge in [0.1, 0.15) is 0 Å². The largest absolute Gasteiger partial charge is 0.375 e. The molecule has 1 aromatic rings. The standard InChI is InChI=1S/C16H28N2O/c1-6-18-12(2)9-14(13(18)3)11-17-15-7-8-19-16(4,5)10-15/h9,15,17H,6-8,10-11H2,1-5H3. The molecule has 0 radical (unpaired) electrons. The van der Waals surface area contributed by atoms with Crippen LogP contribution in [0.1, 0.15) is 50.6 Å². The van der Waals surface area contributed by atoms with Crippen LogP contribution in [-0.4, -0.2) is 22.8 Å². The van der Waals surface area contributed by atoms with Crippen LogP contribution in [0.5, 0.6) is 0 Å². The second kappa shape index (κ2) is 5.68. The molecular formula is C16H28N2O. The molecule has 1 fully saturated rings. The average Bonchev–Trinajstić information content (AvgIpc) is 2.60. The Morgan fingerprint density at radius 3 is 2.74 bits per heavy atom. The summed E-state index contributed by atoms with van der Waals surface area (Å²) >= 11 is 0. The first-order chi connectivity index (χ1) is 8.93. The van der Waals surface area contributed by atoms with E-state index in [0.29, 0.717) is 6.04 Å². The lowest BCUT2D eigenvalue weighted by molar-refractivity contribution is -0.0630. The van der Waals surface area contributed by atoms with Gasteiger partial charge in [0.15, 0.2) is 0 Å². The average molecular weight is 264 g/mol. The Labute approximate surface area is 117 Å². The lowest BCUT2D eigenvalue weighted by Gasteiger charge is -2.36. The molecule has 1 aliphatic rings. The number of ether oxygens (including phenoxy) is 1. The molecule has 3 heteroatoms. The molecular weight excluding hydrogens is 236 g/mol. The molecule has 1 aromatic heterocycles. The van der Waals surface area contributed by atoms with E-state index in [4.69, 9.17) is 4.74 Å². The first kappa shape index (κ1) is 14.6. The highest BCUT2D eigenvalue weighted by atomic mass is 16.5. The second-order valence-electron chi connectivity index (χ2n) is 6.32. The molecule has 0 bridgehead atoms. The number of hydrogen-bond donors (Lipinski definition) is 1. The van der Waals surface area contributed by atoms with Gasteiger partial charge in [0.05, 0.1) is 5.60 Å². The van der Waals surface area contributed by atoms with Crippen molar-refractivity contribution in [3.63, 3.8) is 0 Å². The van der Waals surface area contributed by atoms with E-state index in [1.807, 2.05) is 0 Å². The highest BCUT2D eigenvalue weighted by Crippen LogP contribution is 2.24. The molecule has 19 heavy (non-hydrogen) atoms. The van der Waals surface area contributed by atoms with Gasteiger partial charge in [-0.05, 0) is 59.1 Å². The predicted octanol–water partition coefficient (Wildman–Crippen LogP) is 3.17. The summed E-state index contributed by atoms with van der Waals surface area (Å²) in [7, 11) is 0. The Hall–Kier alpha value is -0.800. The lowest BCUT2D eigenvalue weighted by atomic mass is 9.94. The van der Waals surface area contributed by atoms with Gasteiger partial charge in [0, 0.05) is 37.1 Å². The Morgan fingerprint density at radius 2 is 2.16 bits per heavy atom. The van der Waals surface area contributed by atoms with Crippen molar-refractivity contribution in [3.8, 4) is 0 Å². The highest BCUT2D eigenvalue weighted by molar-refractivity contribution is 5.26. The Balaban J connectivity index is 1.95. The van der Waals surface area contributed by atoms with Crippen LogP contribution in [0.3, 0.4) is 0 Å². The van der Waals surface area contributed by atoms with Gasteiger partial charge in [-0.2, -0.15) is 0 Å². The molecule has 2 heterocycles. The van der Waals surface area contributed by atoms with Gasteiger partial charge < -0.3 is 14.6 Å². The molecule has 108 valence electrons. The molecule has 0 saturated carbocycles. The van der Waals surface area contributed by atoms with Crippen LogP contribution in [0.2, 0.25) is 0 Å². The SMILES string of the molecule is CCn1c(C)cc(CNC2CCOC(C)(C)C2)c1C. The maximum atomic E-state index is 5.77. The maximum absolute atomic E-state index is 5.77. The van der Waals surface area contributed by atoms with Gasteiger partial charge in [-0.3, -0.25) is 0 Å². The molecule has 1 atom stereocenters. The molecule has 1 saturated heterocycles. The number of nitrogens with one attached hydrogen (secondary N) is 1. The third kappa shape index (κ3) is 3.40. The molecule has 1 unspecified atom stereocenters. The number of hydrogen-bond acceptors (Lipinski definition) is 2. The Kier molecular flexibility index (Phi) is 4.36. The van der Waals surface area contributed by atoms with Crippen molar-refractivity contribution in [3.05, 3.63) is 23.0 Å². The van der Waals surface area contributed by atoms with Gasteiger partial charge in [-0.15, -0.1) is 0 Å². The van der Waals surface area contributed by atoms with Crippen LogP contribution in [0.4, 0.5) is 0 Å². The van der Waals surface area contributed by atoms with Crippen molar-refractivity contribution < 1.29 is 4.74 Å². The van der Waals surface area contributed by atoms with Crippen molar-refractivity contribution in [2.75, 3.05) is 6.61 Å². The summed E-state index contributed by atoms with van der Waals surface area (Å²) in [6.07, 6.45) is 2.22. The van der Waals surface area contributed by atoms with Crippen LogP contribution in [-0.2, 0) is 17.8 Å². The summed E-state index contributed by atoms with van der Waals surface area (Å²) in [4.78, 5) is 0. The van der Waals surface area contributed by atoms with E-state index >= 15 is 0 Å². The predicted molar refractivity (Wildman–Crippen MR) is 79.5 cm³/mol. The van der Waals surface area contributed by atoms with E-state index in [2.05, 4.69) is 50.6 Å². The fourth-order valence-electron chi connectivity index (χ4n) is 3.20. The molecule has 0 aromatic carbocycles. The summed E-state index contributed by atoms with van der Waals surface area (Å²) in [5.74, 6) is 0. The van der Waals surface area contributed by atoms with E-state index < -0.39 is 0 Å². The Morgan fingerprint density at radius 1 is 1.42 bits per heavy atom. The minimum Gasteiger partial charge on any atom is -0.375 e. The third-order valence-corrected chi connectivity index (χ3v) is 4.27. The molecule has 1 aliphatic heterocycles. The molecule has 3 nitrogen and oxygen atoms in total. The zero-order chi connectivity index (χ0) is 14.0. The first-order valence-corrected chi connectivity index (χ1v) is 7.46. The normalized spacial score (nSPS) is 22.7. The highest BCUT2D eigenvalue weighted by Gasteiger charge is 2.28. The van der Waals surface area contributed by atoms with Crippen LogP contribution in [0, 0.1) is 13.8 Å². The third-order valence-electron chi connectivity index (χ3n) is 4.27. The first-order valence-electron chi connectivity index (χ1n) is 7.46. The fraction of sp³-hybridized carbons (Fsp3) is 0.750. The lowest BCUT2D eigenvalue weighted by Crippen LogP contribution is -2.43. The number of nitrogens with zero attached hydrogens (tertiary/aromatic N) is 1. The molecule has 0 spiro atoms. The Bertz CT molecular complexity index is 434. The summed E-state index contributed by atoms with van der Waals surface area (Å²) in [6.45, 7) is 13.9. The molecule has 0 amide bonds. The van der Waals surface area contributed by atoms with Crippen molar-refractivity contribution in [1.82, 2.24) is 9.88 Å². The van der Waals surface area contributed by atoms with E-state index in [-0.39, 0.29) is 5.60 Å². The van der Waals surface area contributed by atoms with Crippen LogP contribution in [0.25, 0.3) is 0 Å². The van der Waals surface area contributed by atoms with Crippen molar-refractivity contribution in [2.24, 2.45) is 0 Å². The van der Waals surface area contributed by atoms with Gasteiger partial charge in [-0.1, -0.05) is 0 Å². The van der Waals surface area contributed by atoms with Crippen LogP contribution >= 0.6 is 0 Å². The van der Waals surface area contributed by atoms with E-state index in [9.17, 15) is 0 Å². The fourth-order valence-corrected chi connectivity index (χ4v) is 3.20. The summed E-state index contributed by atoms with van der Waals surface area (Å²) in [5, 5.41) is 3.71. The molecule has 2 rings (SSSR count). The van der Waals surface area contributed by atoms with Crippen molar-refractivity contribution in [1.29, 1.82) is 0 Å². The van der Waals surface area contributed by atoms with E-state index in [0.717, 1.165) is 32.5 Å². The maximum Gasteiger partial charge on any atom is 0.0641 e. The monoisotopic (exact) mass is 264 g/mol. The van der Waals surface area contributed by atoms with E-state index in [1.165, 1.54) is 17.0 Å². The van der Waals surface area contributed by atoms with E-state index in [1.54, 1.807) is 0 Å². The van der Waals surface area contributed by atoms with Crippen LogP contribution < -0.4 is 5.32 Å². The van der Waals surface area contributed by atoms with Gasteiger partial charge >= 0.3 is 0 Å². The number of rotatable bonds is 4. The van der Waals surface area contributed by atoms with Gasteiger partial charge in [0.2, 0.25) is 0 Å². The van der Waals surface area contributed by atoms with Gasteiger partial charge in [0.25, 0.3) is 0 Å².